The lowest BCUT2D eigenvalue weighted by molar-refractivity contribution is -0.144. The van der Waals surface area contributed by atoms with E-state index < -0.39 is 41.5 Å². The van der Waals surface area contributed by atoms with Crippen molar-refractivity contribution in [1.29, 1.82) is 0 Å². The van der Waals surface area contributed by atoms with Crippen LogP contribution in [0.1, 0.15) is 38.3 Å². The molecule has 0 saturated carbocycles. The SMILES string of the molecule is CCC1C(O)CC(C)N1Sc1cc(C(Nc2cc(F)c(F)c(F)c2)C(F)(F)F)ccc1Cl. The van der Waals surface area contributed by atoms with Gasteiger partial charge in [-0.2, -0.15) is 13.2 Å². The van der Waals surface area contributed by atoms with E-state index in [4.69, 9.17) is 11.6 Å². The predicted molar refractivity (Wildman–Crippen MR) is 112 cm³/mol. The molecule has 2 aromatic rings. The molecule has 2 aromatic carbocycles. The number of benzene rings is 2. The van der Waals surface area contributed by atoms with E-state index in [-0.39, 0.29) is 22.7 Å². The summed E-state index contributed by atoms with van der Waals surface area (Å²) in [7, 11) is 0. The number of anilines is 1. The molecule has 1 fully saturated rings. The molecule has 0 amide bonds. The Kier molecular flexibility index (Phi) is 7.59. The summed E-state index contributed by atoms with van der Waals surface area (Å²) in [5.74, 6) is -4.97. The highest BCUT2D eigenvalue weighted by Gasteiger charge is 2.42. The third-order valence-corrected chi connectivity index (χ3v) is 7.14. The van der Waals surface area contributed by atoms with Gasteiger partial charge in [-0.1, -0.05) is 24.6 Å². The minimum atomic E-state index is -4.83. The van der Waals surface area contributed by atoms with Gasteiger partial charge in [-0.3, -0.25) is 0 Å². The fourth-order valence-electron chi connectivity index (χ4n) is 3.76. The highest BCUT2D eigenvalue weighted by atomic mass is 35.5. The number of hydrogen-bond donors (Lipinski definition) is 2. The molecule has 0 spiro atoms. The molecule has 1 saturated heterocycles. The van der Waals surface area contributed by atoms with Gasteiger partial charge in [0, 0.05) is 34.8 Å². The van der Waals surface area contributed by atoms with Crippen LogP contribution >= 0.6 is 23.5 Å². The summed E-state index contributed by atoms with van der Waals surface area (Å²) in [5.41, 5.74) is -0.801. The van der Waals surface area contributed by atoms with Crippen molar-refractivity contribution >= 4 is 29.2 Å². The summed E-state index contributed by atoms with van der Waals surface area (Å²) in [4.78, 5) is 0.344. The van der Waals surface area contributed by atoms with E-state index in [1.165, 1.54) is 12.1 Å². The van der Waals surface area contributed by atoms with Crippen molar-refractivity contribution in [2.75, 3.05) is 5.32 Å². The second-order valence-corrected chi connectivity index (χ2v) is 9.09. The minimum absolute atomic E-state index is 0.0265. The van der Waals surface area contributed by atoms with Gasteiger partial charge in [0.1, 0.15) is 6.04 Å². The van der Waals surface area contributed by atoms with Gasteiger partial charge in [-0.25, -0.2) is 17.5 Å². The van der Waals surface area contributed by atoms with Crippen LogP contribution in [0.15, 0.2) is 35.2 Å². The zero-order chi connectivity index (χ0) is 23.8. The van der Waals surface area contributed by atoms with E-state index in [9.17, 15) is 31.4 Å². The molecule has 1 aliphatic heterocycles. The molecular weight excluding hydrogens is 478 g/mol. The average Bonchev–Trinajstić information content (AvgIpc) is 2.97. The summed E-state index contributed by atoms with van der Waals surface area (Å²) in [5, 5.41) is 12.5. The van der Waals surface area contributed by atoms with Crippen molar-refractivity contribution in [3.63, 3.8) is 0 Å². The molecule has 3 nitrogen and oxygen atoms in total. The van der Waals surface area contributed by atoms with E-state index in [1.54, 1.807) is 0 Å². The van der Waals surface area contributed by atoms with Crippen LogP contribution < -0.4 is 5.32 Å². The topological polar surface area (TPSA) is 35.5 Å². The van der Waals surface area contributed by atoms with Gasteiger partial charge in [-0.15, -0.1) is 0 Å². The molecule has 4 atom stereocenters. The smallest absolute Gasteiger partial charge is 0.391 e. The van der Waals surface area contributed by atoms with Crippen LogP contribution in [0, 0.1) is 17.5 Å². The second kappa shape index (κ2) is 9.70. The van der Waals surface area contributed by atoms with Crippen molar-refractivity contribution in [3.8, 4) is 0 Å². The first kappa shape index (κ1) is 25.0. The number of alkyl halides is 3. The van der Waals surface area contributed by atoms with E-state index >= 15 is 0 Å². The van der Waals surface area contributed by atoms with Crippen molar-refractivity contribution in [3.05, 3.63) is 58.4 Å². The maximum atomic E-state index is 13.8. The van der Waals surface area contributed by atoms with Crippen molar-refractivity contribution in [1.82, 2.24) is 4.31 Å². The Morgan fingerprint density at radius 2 is 1.81 bits per heavy atom. The summed E-state index contributed by atoms with van der Waals surface area (Å²) in [6.45, 7) is 3.81. The van der Waals surface area contributed by atoms with E-state index in [0.717, 1.165) is 18.0 Å². The van der Waals surface area contributed by atoms with Crippen LogP contribution in [0.5, 0.6) is 0 Å². The first-order chi connectivity index (χ1) is 14.9. The van der Waals surface area contributed by atoms with Crippen LogP contribution in [-0.4, -0.2) is 33.8 Å². The largest absolute Gasteiger partial charge is 0.412 e. The Morgan fingerprint density at radius 3 is 2.38 bits per heavy atom. The maximum absolute atomic E-state index is 13.8. The molecule has 2 N–H and O–H groups in total. The average molecular weight is 499 g/mol. The lowest BCUT2D eigenvalue weighted by Crippen LogP contribution is -2.32. The van der Waals surface area contributed by atoms with Crippen molar-refractivity contribution < 1.29 is 31.4 Å². The Hall–Kier alpha value is -1.62. The fraction of sp³-hybridized carbons (Fsp3) is 0.429. The molecule has 176 valence electrons. The van der Waals surface area contributed by atoms with Gasteiger partial charge >= 0.3 is 6.18 Å². The van der Waals surface area contributed by atoms with Crippen molar-refractivity contribution in [2.24, 2.45) is 0 Å². The molecule has 1 heterocycles. The zero-order valence-electron chi connectivity index (χ0n) is 17.1. The number of nitrogens with one attached hydrogen (secondary N) is 1. The number of aliphatic hydroxyl groups excluding tert-OH is 1. The van der Waals surface area contributed by atoms with Gasteiger partial charge in [0.15, 0.2) is 17.5 Å². The Morgan fingerprint density at radius 1 is 1.19 bits per heavy atom. The molecule has 3 rings (SSSR count). The van der Waals surface area contributed by atoms with E-state index in [0.29, 0.717) is 29.9 Å². The molecular formula is C21H21ClF6N2OS. The van der Waals surface area contributed by atoms with Crippen molar-refractivity contribution in [2.45, 2.75) is 62.0 Å². The number of aliphatic hydroxyl groups is 1. The van der Waals surface area contributed by atoms with Gasteiger partial charge < -0.3 is 10.4 Å². The van der Waals surface area contributed by atoms with Crippen LogP contribution in [0.25, 0.3) is 0 Å². The number of rotatable bonds is 6. The van der Waals surface area contributed by atoms with Gasteiger partial charge in [0.05, 0.1) is 11.1 Å². The molecule has 0 radical (unpaired) electrons. The predicted octanol–water partition coefficient (Wildman–Crippen LogP) is 6.71. The standard InChI is InChI=1S/C21H21ClF6N2OS/c1-3-16-17(31)6-10(2)30(16)32-18-7-11(4-5-13(18)22)20(21(26,27)28)29-12-8-14(23)19(25)15(24)9-12/h4-5,7-10,16-17,20,29,31H,3,6H2,1-2H3. The number of hydrogen-bond acceptors (Lipinski definition) is 4. The fourth-order valence-corrected chi connectivity index (χ4v) is 5.24. The molecule has 4 unspecified atom stereocenters. The minimum Gasteiger partial charge on any atom is -0.391 e. The third kappa shape index (κ3) is 5.30. The summed E-state index contributed by atoms with van der Waals surface area (Å²) >= 11 is 7.39. The Bertz CT molecular complexity index is 953. The number of nitrogens with zero attached hydrogens (tertiary/aromatic N) is 1. The van der Waals surface area contributed by atoms with Crippen LogP contribution in [0.2, 0.25) is 5.02 Å². The molecule has 0 bridgehead atoms. The lowest BCUT2D eigenvalue weighted by atomic mass is 10.1. The quantitative estimate of drug-likeness (QED) is 0.263. The van der Waals surface area contributed by atoms with Gasteiger partial charge in [-0.05, 0) is 49.4 Å². The highest BCUT2D eigenvalue weighted by molar-refractivity contribution is 7.97. The molecule has 0 aliphatic carbocycles. The summed E-state index contributed by atoms with van der Waals surface area (Å²) in [6, 6.07) is 2.10. The normalized spacial score (nSPS) is 22.9. The molecule has 0 aromatic heterocycles. The molecule has 11 heteroatoms. The Labute approximate surface area is 190 Å². The van der Waals surface area contributed by atoms with Crippen LogP contribution in [0.4, 0.5) is 32.0 Å². The summed E-state index contributed by atoms with van der Waals surface area (Å²) in [6.07, 6.45) is -4.22. The first-order valence-corrected chi connectivity index (χ1v) is 11.0. The van der Waals surface area contributed by atoms with Gasteiger partial charge in [0.2, 0.25) is 0 Å². The maximum Gasteiger partial charge on any atom is 0.412 e. The van der Waals surface area contributed by atoms with Crippen LogP contribution in [0.3, 0.4) is 0 Å². The molecule has 32 heavy (non-hydrogen) atoms. The number of halogens is 7. The Balaban J connectivity index is 1.93. The summed E-state index contributed by atoms with van der Waals surface area (Å²) < 4.78 is 83.6. The monoisotopic (exact) mass is 498 g/mol. The lowest BCUT2D eigenvalue weighted by Gasteiger charge is -2.28. The zero-order valence-corrected chi connectivity index (χ0v) is 18.6. The third-order valence-electron chi connectivity index (χ3n) is 5.32. The molecule has 1 aliphatic rings. The van der Waals surface area contributed by atoms with Gasteiger partial charge in [0.25, 0.3) is 0 Å². The van der Waals surface area contributed by atoms with E-state index in [2.05, 4.69) is 0 Å². The highest BCUT2D eigenvalue weighted by Crippen LogP contribution is 2.42. The van der Waals surface area contributed by atoms with Crippen LogP contribution in [-0.2, 0) is 0 Å². The first-order valence-electron chi connectivity index (χ1n) is 9.84. The second-order valence-electron chi connectivity index (χ2n) is 7.64. The van der Waals surface area contributed by atoms with E-state index in [1.807, 2.05) is 23.5 Å².